The lowest BCUT2D eigenvalue weighted by Crippen LogP contribution is -2.18. The lowest BCUT2D eigenvalue weighted by molar-refractivity contribution is -0.275. The van der Waals surface area contributed by atoms with Gasteiger partial charge in [0, 0.05) is 12.0 Å². The van der Waals surface area contributed by atoms with Crippen LogP contribution in [0.3, 0.4) is 0 Å². The van der Waals surface area contributed by atoms with Crippen LogP contribution < -0.4 is 4.74 Å². The number of Topliss-reactive ketones (excluding diaryl/α,β-unsaturated/α-hetero) is 1. The van der Waals surface area contributed by atoms with E-state index in [1.165, 1.54) is 6.92 Å². The molecule has 0 heterocycles. The van der Waals surface area contributed by atoms with Crippen molar-refractivity contribution in [1.29, 1.82) is 0 Å². The fourth-order valence-corrected chi connectivity index (χ4v) is 1.31. The lowest BCUT2D eigenvalue weighted by Gasteiger charge is -2.13. The van der Waals surface area contributed by atoms with Gasteiger partial charge in [-0.05, 0) is 12.1 Å². The summed E-state index contributed by atoms with van der Waals surface area (Å²) in [5, 5.41) is 0. The molecule has 0 N–H and O–H groups in total. The minimum atomic E-state index is -5.09. The van der Waals surface area contributed by atoms with Crippen molar-refractivity contribution in [2.45, 2.75) is 26.1 Å². The molecule has 0 saturated carbocycles. The van der Waals surface area contributed by atoms with Crippen molar-refractivity contribution < 1.29 is 31.5 Å². The van der Waals surface area contributed by atoms with E-state index in [9.17, 15) is 26.7 Å². The van der Waals surface area contributed by atoms with Crippen molar-refractivity contribution in [2.24, 2.45) is 0 Å². The summed E-state index contributed by atoms with van der Waals surface area (Å²) in [5.41, 5.74) is -0.999. The number of rotatable bonds is 4. The minimum Gasteiger partial charge on any atom is -0.405 e. The fraction of sp³-hybridized carbons (Fsp3) is 0.364. The first-order valence-electron chi connectivity index (χ1n) is 4.95. The highest BCUT2D eigenvalue weighted by atomic mass is 19.4. The van der Waals surface area contributed by atoms with E-state index < -0.39 is 29.9 Å². The van der Waals surface area contributed by atoms with Gasteiger partial charge in [0.05, 0.1) is 5.56 Å². The molecule has 1 aromatic carbocycles. The molecular formula is C11H9F5O2. The van der Waals surface area contributed by atoms with Gasteiger partial charge in [0.25, 0.3) is 6.43 Å². The lowest BCUT2D eigenvalue weighted by atomic mass is 10.1. The van der Waals surface area contributed by atoms with Crippen molar-refractivity contribution in [3.63, 3.8) is 0 Å². The summed E-state index contributed by atoms with van der Waals surface area (Å²) in [6, 6.07) is 2.49. The molecule has 0 radical (unpaired) electrons. The molecule has 18 heavy (non-hydrogen) atoms. The number of carbonyl (C=O) groups is 1. The van der Waals surface area contributed by atoms with Gasteiger partial charge in [-0.15, -0.1) is 13.2 Å². The molecule has 1 aromatic rings. The second-order valence-corrected chi connectivity index (χ2v) is 3.38. The molecule has 0 saturated heterocycles. The van der Waals surface area contributed by atoms with Crippen molar-refractivity contribution in [3.8, 4) is 5.75 Å². The maximum absolute atomic E-state index is 12.5. The van der Waals surface area contributed by atoms with Gasteiger partial charge in [-0.3, -0.25) is 4.79 Å². The van der Waals surface area contributed by atoms with Gasteiger partial charge in [-0.25, -0.2) is 8.78 Å². The van der Waals surface area contributed by atoms with Crippen molar-refractivity contribution >= 4 is 5.78 Å². The number of hydrogen-bond acceptors (Lipinski definition) is 2. The number of ether oxygens (including phenoxy) is 1. The van der Waals surface area contributed by atoms with E-state index >= 15 is 0 Å². The molecule has 0 aromatic heterocycles. The maximum Gasteiger partial charge on any atom is 0.573 e. The first kappa shape index (κ1) is 14.4. The van der Waals surface area contributed by atoms with Crippen LogP contribution in [0.15, 0.2) is 18.2 Å². The van der Waals surface area contributed by atoms with E-state index in [0.717, 1.165) is 12.1 Å². The first-order chi connectivity index (χ1) is 8.24. The number of halogens is 5. The summed E-state index contributed by atoms with van der Waals surface area (Å²) in [7, 11) is 0. The number of hydrogen-bond donors (Lipinski definition) is 0. The van der Waals surface area contributed by atoms with Crippen LogP contribution in [0.4, 0.5) is 22.0 Å². The van der Waals surface area contributed by atoms with E-state index in [1.807, 2.05) is 0 Å². The van der Waals surface area contributed by atoms with Gasteiger partial charge >= 0.3 is 6.36 Å². The monoisotopic (exact) mass is 268 g/mol. The zero-order valence-electron chi connectivity index (χ0n) is 9.22. The van der Waals surface area contributed by atoms with Gasteiger partial charge in [0.15, 0.2) is 5.78 Å². The molecule has 0 atom stereocenters. The number of ketones is 1. The second-order valence-electron chi connectivity index (χ2n) is 3.38. The van der Waals surface area contributed by atoms with E-state index in [4.69, 9.17) is 0 Å². The largest absolute Gasteiger partial charge is 0.573 e. The summed E-state index contributed by atoms with van der Waals surface area (Å²) >= 11 is 0. The van der Waals surface area contributed by atoms with Gasteiger partial charge in [0.2, 0.25) is 0 Å². The second kappa shape index (κ2) is 5.32. The molecule has 0 spiro atoms. The number of benzene rings is 1. The fourth-order valence-electron chi connectivity index (χ4n) is 1.31. The average Bonchev–Trinajstić information content (AvgIpc) is 2.25. The molecule has 0 aliphatic carbocycles. The molecular weight excluding hydrogens is 259 g/mol. The summed E-state index contributed by atoms with van der Waals surface area (Å²) in [5.74, 6) is -1.50. The summed E-state index contributed by atoms with van der Waals surface area (Å²) in [6.45, 7) is 1.51. The highest BCUT2D eigenvalue weighted by Crippen LogP contribution is 2.33. The van der Waals surface area contributed by atoms with E-state index in [2.05, 4.69) is 4.74 Å². The molecule has 0 fully saturated rings. The molecule has 0 unspecified atom stereocenters. The Labute approximate surface area is 99.4 Å². The Bertz CT molecular complexity index is 440. The van der Waals surface area contributed by atoms with Crippen molar-refractivity contribution in [3.05, 3.63) is 29.3 Å². The molecule has 0 aliphatic heterocycles. The van der Waals surface area contributed by atoms with Gasteiger partial charge in [0.1, 0.15) is 5.75 Å². The van der Waals surface area contributed by atoms with Crippen LogP contribution in [0, 0.1) is 0 Å². The molecule has 0 bridgehead atoms. The highest BCUT2D eigenvalue weighted by molar-refractivity contribution is 5.96. The van der Waals surface area contributed by atoms with Crippen LogP contribution in [-0.2, 0) is 0 Å². The topological polar surface area (TPSA) is 26.3 Å². The minimum absolute atomic E-state index is 0.0550. The molecule has 2 nitrogen and oxygen atoms in total. The van der Waals surface area contributed by atoms with E-state index in [-0.39, 0.29) is 12.0 Å². The zero-order chi connectivity index (χ0) is 13.9. The van der Waals surface area contributed by atoms with Gasteiger partial charge in [-0.2, -0.15) is 0 Å². The van der Waals surface area contributed by atoms with Crippen LogP contribution in [0.5, 0.6) is 5.75 Å². The molecule has 1 rings (SSSR count). The van der Waals surface area contributed by atoms with E-state index in [1.54, 1.807) is 0 Å². The van der Waals surface area contributed by atoms with Gasteiger partial charge in [-0.1, -0.05) is 13.0 Å². The van der Waals surface area contributed by atoms with Crippen LogP contribution >= 0.6 is 0 Å². The van der Waals surface area contributed by atoms with E-state index in [0.29, 0.717) is 6.07 Å². The van der Waals surface area contributed by atoms with Gasteiger partial charge < -0.3 is 4.74 Å². The Balaban J connectivity index is 3.20. The molecule has 0 amide bonds. The smallest absolute Gasteiger partial charge is 0.405 e. The third-order valence-corrected chi connectivity index (χ3v) is 2.12. The Hall–Kier alpha value is -1.66. The quantitative estimate of drug-likeness (QED) is 0.606. The predicted octanol–water partition coefficient (Wildman–Crippen LogP) is 4.12. The number of carbonyl (C=O) groups excluding carboxylic acids is 1. The third-order valence-electron chi connectivity index (χ3n) is 2.12. The van der Waals surface area contributed by atoms with Crippen LogP contribution in [0.1, 0.15) is 35.7 Å². The molecule has 0 aliphatic rings. The van der Waals surface area contributed by atoms with Crippen LogP contribution in [0.2, 0.25) is 0 Å². The molecule has 100 valence electrons. The third kappa shape index (κ3) is 3.68. The molecule has 7 heteroatoms. The Kier molecular flexibility index (Phi) is 4.26. The summed E-state index contributed by atoms with van der Waals surface area (Å²) < 4.78 is 64.6. The SMILES string of the molecule is CCC(=O)c1ccc(C(F)F)c(OC(F)(F)F)c1. The summed E-state index contributed by atoms with van der Waals surface area (Å²) in [4.78, 5) is 11.3. The number of alkyl halides is 5. The first-order valence-corrected chi connectivity index (χ1v) is 4.95. The van der Waals surface area contributed by atoms with Crippen molar-refractivity contribution in [2.75, 3.05) is 0 Å². The zero-order valence-corrected chi connectivity index (χ0v) is 9.22. The van der Waals surface area contributed by atoms with Crippen LogP contribution in [-0.4, -0.2) is 12.1 Å². The highest BCUT2D eigenvalue weighted by Gasteiger charge is 2.33. The predicted molar refractivity (Wildman–Crippen MR) is 52.7 cm³/mol. The normalized spacial score (nSPS) is 11.7. The standard InChI is InChI=1S/C11H9F5O2/c1-2-8(17)6-3-4-7(10(12)13)9(5-6)18-11(14,15)16/h3-5,10H,2H2,1H3. The van der Waals surface area contributed by atoms with Crippen molar-refractivity contribution in [1.82, 2.24) is 0 Å². The average molecular weight is 268 g/mol. The summed E-state index contributed by atoms with van der Waals surface area (Å²) in [6.07, 6.45) is -8.15. The maximum atomic E-state index is 12.5. The Morgan fingerprint density at radius 2 is 1.94 bits per heavy atom. The Morgan fingerprint density at radius 1 is 1.33 bits per heavy atom. The Morgan fingerprint density at radius 3 is 2.39 bits per heavy atom. The van der Waals surface area contributed by atoms with Crippen LogP contribution in [0.25, 0.3) is 0 Å².